The van der Waals surface area contributed by atoms with Crippen molar-refractivity contribution >= 4 is 17.7 Å². The molecule has 1 aromatic heterocycles. The molecule has 34 heavy (non-hydrogen) atoms. The van der Waals surface area contributed by atoms with Gasteiger partial charge in [-0.3, -0.25) is 9.69 Å². The van der Waals surface area contributed by atoms with E-state index in [0.717, 1.165) is 44.1 Å². The van der Waals surface area contributed by atoms with E-state index in [0.29, 0.717) is 24.2 Å². The van der Waals surface area contributed by atoms with Crippen LogP contribution < -0.4 is 10.2 Å². The number of aromatic nitrogens is 2. The molecule has 1 amide bonds. The third kappa shape index (κ3) is 5.60. The number of benzene rings is 1. The number of fused-ring (bicyclic) bond motifs is 1. The Kier molecular flexibility index (Phi) is 7.43. The lowest BCUT2D eigenvalue weighted by atomic mass is 9.88. The van der Waals surface area contributed by atoms with Crippen molar-refractivity contribution in [1.29, 1.82) is 0 Å². The second-order valence-corrected chi connectivity index (χ2v) is 10.5. The number of aliphatic hydroxyl groups excluding tert-OH is 1. The summed E-state index contributed by atoms with van der Waals surface area (Å²) in [4.78, 5) is 25.0. The predicted octanol–water partition coefficient (Wildman–Crippen LogP) is 5.30. The molecule has 182 valence electrons. The van der Waals surface area contributed by atoms with E-state index in [-0.39, 0.29) is 18.1 Å². The van der Waals surface area contributed by atoms with Gasteiger partial charge in [0.15, 0.2) is 0 Å². The van der Waals surface area contributed by atoms with E-state index in [1.54, 1.807) is 6.20 Å². The van der Waals surface area contributed by atoms with Gasteiger partial charge in [-0.2, -0.15) is 4.98 Å². The maximum absolute atomic E-state index is 13.9. The second-order valence-electron chi connectivity index (χ2n) is 10.5. The van der Waals surface area contributed by atoms with E-state index < -0.39 is 0 Å². The Morgan fingerprint density at radius 1 is 0.941 bits per heavy atom. The molecule has 2 saturated carbocycles. The Labute approximate surface area is 203 Å². The quantitative estimate of drug-likeness (QED) is 0.609. The number of carbonyl (C=O) groups is 1. The summed E-state index contributed by atoms with van der Waals surface area (Å²) in [5.74, 6) is 1.82. The molecular formula is C28H38N4O2. The average Bonchev–Trinajstić information content (AvgIpc) is 2.89. The van der Waals surface area contributed by atoms with Gasteiger partial charge >= 0.3 is 0 Å². The second kappa shape index (κ2) is 10.9. The van der Waals surface area contributed by atoms with Gasteiger partial charge in [0.25, 0.3) is 5.91 Å². The molecule has 0 aliphatic heterocycles. The Morgan fingerprint density at radius 2 is 1.71 bits per heavy atom. The molecule has 5 rings (SSSR count). The number of rotatable bonds is 6. The van der Waals surface area contributed by atoms with E-state index in [9.17, 15) is 9.90 Å². The van der Waals surface area contributed by atoms with Crippen molar-refractivity contribution in [2.45, 2.75) is 95.6 Å². The zero-order valence-corrected chi connectivity index (χ0v) is 20.2. The number of hydrogen-bond acceptors (Lipinski definition) is 5. The number of aliphatic hydroxyl groups is 1. The fraction of sp³-hybridized carbons (Fsp3) is 0.607. The third-order valence-corrected chi connectivity index (χ3v) is 7.95. The van der Waals surface area contributed by atoms with Crippen molar-refractivity contribution in [3.63, 3.8) is 0 Å². The Hall–Kier alpha value is -2.47. The number of nitrogens with one attached hydrogen (secondary N) is 1. The van der Waals surface area contributed by atoms with Gasteiger partial charge in [0.05, 0.1) is 6.10 Å². The first-order valence-electron chi connectivity index (χ1n) is 13.4. The molecule has 1 heterocycles. The molecule has 0 saturated heterocycles. The van der Waals surface area contributed by atoms with Crippen LogP contribution in [-0.4, -0.2) is 39.7 Å². The van der Waals surface area contributed by atoms with E-state index in [4.69, 9.17) is 4.98 Å². The summed E-state index contributed by atoms with van der Waals surface area (Å²) < 4.78 is 0. The van der Waals surface area contributed by atoms with Gasteiger partial charge in [-0.15, -0.1) is 0 Å². The average molecular weight is 463 g/mol. The number of hydrogen-bond donors (Lipinski definition) is 2. The minimum atomic E-state index is -0.189. The summed E-state index contributed by atoms with van der Waals surface area (Å²) in [7, 11) is 0. The van der Waals surface area contributed by atoms with Crippen molar-refractivity contribution in [3.05, 3.63) is 47.2 Å². The monoisotopic (exact) mass is 462 g/mol. The van der Waals surface area contributed by atoms with Gasteiger partial charge < -0.3 is 10.4 Å². The molecule has 3 aliphatic rings. The summed E-state index contributed by atoms with van der Waals surface area (Å²) >= 11 is 0. The zero-order chi connectivity index (χ0) is 23.3. The predicted molar refractivity (Wildman–Crippen MR) is 135 cm³/mol. The molecule has 0 bridgehead atoms. The van der Waals surface area contributed by atoms with Gasteiger partial charge in [-0.05, 0) is 99.5 Å². The molecule has 1 aromatic carbocycles. The van der Waals surface area contributed by atoms with Crippen LogP contribution in [0.15, 0.2) is 30.5 Å². The minimum Gasteiger partial charge on any atom is -0.393 e. The Morgan fingerprint density at radius 3 is 2.50 bits per heavy atom. The van der Waals surface area contributed by atoms with Gasteiger partial charge in [0.2, 0.25) is 5.95 Å². The highest BCUT2D eigenvalue weighted by molar-refractivity contribution is 6.05. The molecule has 2 aromatic rings. The molecule has 6 heteroatoms. The number of carbonyl (C=O) groups excluding carboxylic acids is 1. The summed E-state index contributed by atoms with van der Waals surface area (Å²) in [5, 5.41) is 13.3. The Bertz CT molecular complexity index is 980. The third-order valence-electron chi connectivity index (χ3n) is 7.95. The lowest BCUT2D eigenvalue weighted by Crippen LogP contribution is -2.37. The molecule has 6 nitrogen and oxygen atoms in total. The van der Waals surface area contributed by atoms with E-state index in [1.807, 2.05) is 17.0 Å². The number of anilines is 2. The first-order valence-corrected chi connectivity index (χ1v) is 13.4. The smallest absolute Gasteiger partial charge is 0.259 e. The van der Waals surface area contributed by atoms with Crippen molar-refractivity contribution in [2.24, 2.45) is 5.92 Å². The van der Waals surface area contributed by atoms with Crippen LogP contribution in [0.25, 0.3) is 0 Å². The summed E-state index contributed by atoms with van der Waals surface area (Å²) in [6.07, 6.45) is 15.8. The van der Waals surface area contributed by atoms with Crippen LogP contribution >= 0.6 is 0 Å². The number of nitrogens with zero attached hydrogens (tertiary/aromatic N) is 3. The maximum Gasteiger partial charge on any atom is 0.259 e. The van der Waals surface area contributed by atoms with Gasteiger partial charge in [-0.25, -0.2) is 4.98 Å². The van der Waals surface area contributed by atoms with Crippen LogP contribution in [0.4, 0.5) is 11.8 Å². The fourth-order valence-corrected chi connectivity index (χ4v) is 5.90. The number of amides is 1. The van der Waals surface area contributed by atoms with Crippen LogP contribution in [0.3, 0.4) is 0 Å². The highest BCUT2D eigenvalue weighted by Gasteiger charge is 2.26. The normalized spacial score (nSPS) is 23.2. The molecule has 0 radical (unpaired) electrons. The first-order chi connectivity index (χ1) is 16.7. The largest absolute Gasteiger partial charge is 0.393 e. The van der Waals surface area contributed by atoms with E-state index in [2.05, 4.69) is 22.4 Å². The highest BCUT2D eigenvalue weighted by atomic mass is 16.3. The van der Waals surface area contributed by atoms with Crippen LogP contribution in [0, 0.1) is 5.92 Å². The topological polar surface area (TPSA) is 78.4 Å². The zero-order valence-electron chi connectivity index (χ0n) is 20.2. The lowest BCUT2D eigenvalue weighted by molar-refractivity contribution is 0.0979. The van der Waals surface area contributed by atoms with Crippen LogP contribution in [0.2, 0.25) is 0 Å². The van der Waals surface area contributed by atoms with Crippen molar-refractivity contribution in [3.8, 4) is 0 Å². The maximum atomic E-state index is 13.9. The van der Waals surface area contributed by atoms with Crippen molar-refractivity contribution in [2.75, 3.05) is 16.8 Å². The van der Waals surface area contributed by atoms with Crippen LogP contribution in [-0.2, 0) is 12.8 Å². The SMILES string of the molecule is O=C(c1ccc2c(c1)CCCC2)N(CC1CCCCC1)c1ccnc(NC2CCC(O)CC2)n1. The molecule has 2 N–H and O–H groups in total. The van der Waals surface area contributed by atoms with E-state index in [1.165, 1.54) is 56.1 Å². The summed E-state index contributed by atoms with van der Waals surface area (Å²) in [6, 6.07) is 8.42. The van der Waals surface area contributed by atoms with E-state index >= 15 is 0 Å². The molecule has 0 unspecified atom stereocenters. The van der Waals surface area contributed by atoms with Gasteiger partial charge in [-0.1, -0.05) is 25.3 Å². The standard InChI is InChI=1S/C28H38N4O2/c33-25-14-12-24(13-15-25)30-28-29-17-16-26(31-28)32(19-20-6-2-1-3-7-20)27(34)23-11-10-21-8-4-5-9-22(21)18-23/h10-11,16-18,20,24-25,33H,1-9,12-15,19H2,(H,29,30,31). The van der Waals surface area contributed by atoms with Gasteiger partial charge in [0, 0.05) is 24.3 Å². The van der Waals surface area contributed by atoms with Crippen LogP contribution in [0.5, 0.6) is 0 Å². The summed E-state index contributed by atoms with van der Waals surface area (Å²) in [5.41, 5.74) is 3.50. The fourth-order valence-electron chi connectivity index (χ4n) is 5.90. The van der Waals surface area contributed by atoms with Gasteiger partial charge in [0.1, 0.15) is 5.82 Å². The number of aryl methyl sites for hydroxylation is 2. The lowest BCUT2D eigenvalue weighted by Gasteiger charge is -2.30. The van der Waals surface area contributed by atoms with Crippen molar-refractivity contribution < 1.29 is 9.90 Å². The first kappa shape index (κ1) is 23.3. The van der Waals surface area contributed by atoms with Crippen molar-refractivity contribution in [1.82, 2.24) is 9.97 Å². The summed E-state index contributed by atoms with van der Waals surface area (Å²) in [6.45, 7) is 0.710. The minimum absolute atomic E-state index is 0.0457. The molecule has 0 spiro atoms. The molecule has 3 aliphatic carbocycles. The Balaban J connectivity index is 1.39. The van der Waals surface area contributed by atoms with Crippen LogP contribution in [0.1, 0.15) is 92.1 Å². The highest BCUT2D eigenvalue weighted by Crippen LogP contribution is 2.29. The molecule has 0 atom stereocenters. The molecule has 2 fully saturated rings. The molecular weight excluding hydrogens is 424 g/mol.